The lowest BCUT2D eigenvalue weighted by molar-refractivity contribution is 0.307. The Balaban J connectivity index is 2.02. The predicted octanol–water partition coefficient (Wildman–Crippen LogP) is 1.78. The Hall–Kier alpha value is -0.0400. The SMILES string of the molecule is CC(C)C1NC2CCC1C2. The van der Waals surface area contributed by atoms with E-state index in [1.165, 1.54) is 19.3 Å². The maximum absolute atomic E-state index is 3.69. The normalized spacial score (nSPS) is 45.3. The number of hydrogen-bond donors (Lipinski definition) is 1. The van der Waals surface area contributed by atoms with Gasteiger partial charge >= 0.3 is 0 Å². The molecular weight excluding hydrogens is 122 g/mol. The van der Waals surface area contributed by atoms with E-state index in [0.717, 1.165) is 23.9 Å². The fourth-order valence-electron chi connectivity index (χ4n) is 2.64. The van der Waals surface area contributed by atoms with Crippen molar-refractivity contribution in [2.75, 3.05) is 0 Å². The molecule has 0 radical (unpaired) electrons. The molecule has 0 amide bonds. The number of hydrogen-bond acceptors (Lipinski definition) is 1. The Bertz CT molecular complexity index is 131. The molecule has 2 bridgehead atoms. The van der Waals surface area contributed by atoms with E-state index in [1.807, 2.05) is 0 Å². The van der Waals surface area contributed by atoms with Crippen molar-refractivity contribution in [1.29, 1.82) is 0 Å². The molecule has 3 unspecified atom stereocenters. The molecule has 0 aromatic heterocycles. The molecule has 58 valence electrons. The van der Waals surface area contributed by atoms with Crippen LogP contribution in [-0.4, -0.2) is 12.1 Å². The minimum atomic E-state index is 0.843. The fourth-order valence-corrected chi connectivity index (χ4v) is 2.64. The second-order valence-electron chi connectivity index (χ2n) is 4.21. The molecule has 1 saturated carbocycles. The molecule has 1 aliphatic heterocycles. The highest BCUT2D eigenvalue weighted by atomic mass is 15.0. The topological polar surface area (TPSA) is 12.0 Å². The highest BCUT2D eigenvalue weighted by molar-refractivity contribution is 4.97. The summed E-state index contributed by atoms with van der Waals surface area (Å²) in [5.74, 6) is 1.86. The van der Waals surface area contributed by atoms with Crippen molar-refractivity contribution in [1.82, 2.24) is 5.32 Å². The Morgan fingerprint density at radius 2 is 2.10 bits per heavy atom. The summed E-state index contributed by atoms with van der Waals surface area (Å²) in [6.07, 6.45) is 4.39. The van der Waals surface area contributed by atoms with Crippen molar-refractivity contribution < 1.29 is 0 Å². The number of piperidine rings is 1. The van der Waals surface area contributed by atoms with Crippen molar-refractivity contribution in [2.45, 2.75) is 45.2 Å². The van der Waals surface area contributed by atoms with E-state index in [0.29, 0.717) is 0 Å². The molecule has 0 spiro atoms. The van der Waals surface area contributed by atoms with E-state index in [-0.39, 0.29) is 0 Å². The van der Waals surface area contributed by atoms with Crippen LogP contribution >= 0.6 is 0 Å². The fraction of sp³-hybridized carbons (Fsp3) is 1.00. The standard InChI is InChI=1S/C9H17N/c1-6(2)9-7-3-4-8(5-7)10-9/h6-10H,3-5H2,1-2H3. The van der Waals surface area contributed by atoms with Gasteiger partial charge in [0.2, 0.25) is 0 Å². The summed E-state index contributed by atoms with van der Waals surface area (Å²) in [4.78, 5) is 0. The van der Waals surface area contributed by atoms with Gasteiger partial charge in [0, 0.05) is 12.1 Å². The van der Waals surface area contributed by atoms with Crippen LogP contribution in [0.25, 0.3) is 0 Å². The van der Waals surface area contributed by atoms with E-state index >= 15 is 0 Å². The van der Waals surface area contributed by atoms with Crippen LogP contribution in [0.3, 0.4) is 0 Å². The van der Waals surface area contributed by atoms with Crippen molar-refractivity contribution >= 4 is 0 Å². The van der Waals surface area contributed by atoms with Gasteiger partial charge in [-0.25, -0.2) is 0 Å². The van der Waals surface area contributed by atoms with Crippen LogP contribution in [0, 0.1) is 11.8 Å². The minimum Gasteiger partial charge on any atom is -0.311 e. The summed E-state index contributed by atoms with van der Waals surface area (Å²) in [5, 5.41) is 3.69. The average Bonchev–Trinajstić information content (AvgIpc) is 2.44. The molecule has 2 fully saturated rings. The molecule has 3 atom stereocenters. The Labute approximate surface area is 63.2 Å². The van der Waals surface area contributed by atoms with Crippen molar-refractivity contribution in [3.8, 4) is 0 Å². The molecule has 0 aromatic rings. The van der Waals surface area contributed by atoms with Gasteiger partial charge in [-0.15, -0.1) is 0 Å². The Kier molecular flexibility index (Phi) is 1.48. The molecule has 2 rings (SSSR count). The quantitative estimate of drug-likeness (QED) is 0.584. The summed E-state index contributed by atoms with van der Waals surface area (Å²) >= 11 is 0. The lowest BCUT2D eigenvalue weighted by Crippen LogP contribution is -2.39. The van der Waals surface area contributed by atoms with Crippen LogP contribution in [0.4, 0.5) is 0 Å². The first-order valence-corrected chi connectivity index (χ1v) is 4.53. The molecule has 1 nitrogen and oxygen atoms in total. The van der Waals surface area contributed by atoms with Crippen molar-refractivity contribution in [3.05, 3.63) is 0 Å². The largest absolute Gasteiger partial charge is 0.311 e. The summed E-state index contributed by atoms with van der Waals surface area (Å²) in [6.45, 7) is 4.66. The highest BCUT2D eigenvalue weighted by Gasteiger charge is 2.39. The molecule has 1 heterocycles. The average molecular weight is 139 g/mol. The van der Waals surface area contributed by atoms with Gasteiger partial charge in [0.05, 0.1) is 0 Å². The molecule has 1 N–H and O–H groups in total. The molecule has 1 saturated heterocycles. The molecule has 1 heteroatoms. The number of fused-ring (bicyclic) bond motifs is 2. The van der Waals surface area contributed by atoms with Crippen LogP contribution in [-0.2, 0) is 0 Å². The zero-order valence-electron chi connectivity index (χ0n) is 6.93. The number of nitrogens with one attached hydrogen (secondary N) is 1. The van der Waals surface area contributed by atoms with E-state index in [9.17, 15) is 0 Å². The third-order valence-electron chi connectivity index (χ3n) is 3.13. The van der Waals surface area contributed by atoms with E-state index in [2.05, 4.69) is 19.2 Å². The minimum absolute atomic E-state index is 0.843. The van der Waals surface area contributed by atoms with Gasteiger partial charge in [-0.1, -0.05) is 13.8 Å². The molecule has 0 aromatic carbocycles. The Morgan fingerprint density at radius 3 is 2.40 bits per heavy atom. The number of rotatable bonds is 1. The van der Waals surface area contributed by atoms with Crippen molar-refractivity contribution in [2.24, 2.45) is 11.8 Å². The van der Waals surface area contributed by atoms with Gasteiger partial charge in [-0.3, -0.25) is 0 Å². The molecule has 2 aliphatic rings. The smallest absolute Gasteiger partial charge is 0.0121 e. The molecular formula is C9H17N. The van der Waals surface area contributed by atoms with Crippen LogP contribution in [0.15, 0.2) is 0 Å². The van der Waals surface area contributed by atoms with Gasteiger partial charge in [-0.05, 0) is 31.1 Å². The lowest BCUT2D eigenvalue weighted by atomic mass is 9.91. The van der Waals surface area contributed by atoms with Crippen LogP contribution < -0.4 is 5.32 Å². The summed E-state index contributed by atoms with van der Waals surface area (Å²) in [6, 6.07) is 1.73. The van der Waals surface area contributed by atoms with Gasteiger partial charge in [0.1, 0.15) is 0 Å². The van der Waals surface area contributed by atoms with E-state index < -0.39 is 0 Å². The van der Waals surface area contributed by atoms with E-state index in [4.69, 9.17) is 0 Å². The van der Waals surface area contributed by atoms with Crippen LogP contribution in [0.2, 0.25) is 0 Å². The second kappa shape index (κ2) is 2.23. The lowest BCUT2D eigenvalue weighted by Gasteiger charge is -2.26. The predicted molar refractivity (Wildman–Crippen MR) is 42.9 cm³/mol. The first kappa shape index (κ1) is 6.66. The first-order valence-electron chi connectivity index (χ1n) is 4.53. The molecule has 10 heavy (non-hydrogen) atoms. The van der Waals surface area contributed by atoms with Gasteiger partial charge in [-0.2, -0.15) is 0 Å². The second-order valence-corrected chi connectivity index (χ2v) is 4.21. The van der Waals surface area contributed by atoms with Gasteiger partial charge < -0.3 is 5.32 Å². The zero-order chi connectivity index (χ0) is 7.14. The van der Waals surface area contributed by atoms with E-state index in [1.54, 1.807) is 0 Å². The monoisotopic (exact) mass is 139 g/mol. The summed E-state index contributed by atoms with van der Waals surface area (Å²) in [7, 11) is 0. The Morgan fingerprint density at radius 1 is 1.30 bits per heavy atom. The van der Waals surface area contributed by atoms with Crippen LogP contribution in [0.5, 0.6) is 0 Å². The first-order chi connectivity index (χ1) is 4.77. The summed E-state index contributed by atoms with van der Waals surface area (Å²) < 4.78 is 0. The van der Waals surface area contributed by atoms with Crippen LogP contribution in [0.1, 0.15) is 33.1 Å². The molecule has 1 aliphatic carbocycles. The zero-order valence-corrected chi connectivity index (χ0v) is 6.93. The van der Waals surface area contributed by atoms with Crippen molar-refractivity contribution in [3.63, 3.8) is 0 Å². The summed E-state index contributed by atoms with van der Waals surface area (Å²) in [5.41, 5.74) is 0. The maximum Gasteiger partial charge on any atom is 0.0121 e. The van der Waals surface area contributed by atoms with Gasteiger partial charge in [0.15, 0.2) is 0 Å². The third-order valence-corrected chi connectivity index (χ3v) is 3.13. The third kappa shape index (κ3) is 0.878. The van der Waals surface area contributed by atoms with Gasteiger partial charge in [0.25, 0.3) is 0 Å². The maximum atomic E-state index is 3.69. The highest BCUT2D eigenvalue weighted by Crippen LogP contribution is 2.37.